The third-order valence-electron chi connectivity index (χ3n) is 4.59. The molecule has 2 aromatic carbocycles. The molecule has 0 amide bonds. The van der Waals surface area contributed by atoms with Gasteiger partial charge in [-0.05, 0) is 23.8 Å². The largest absolute Gasteiger partial charge is 0.329 e. The minimum absolute atomic E-state index is 0.0818. The first-order valence-electron chi connectivity index (χ1n) is 8.55. The summed E-state index contributed by atoms with van der Waals surface area (Å²) in [4.78, 5) is 11.8. The van der Waals surface area contributed by atoms with Crippen molar-refractivity contribution < 1.29 is 9.82 Å². The quantitative estimate of drug-likeness (QED) is 0.601. The average Bonchev–Trinajstić information content (AvgIpc) is 2.65. The van der Waals surface area contributed by atoms with Crippen LogP contribution in [0.15, 0.2) is 55.1 Å². The molecular formula is C19H22ClN4O2+. The summed E-state index contributed by atoms with van der Waals surface area (Å²) >= 11 is 6.25. The molecule has 0 saturated carbocycles. The van der Waals surface area contributed by atoms with Crippen molar-refractivity contribution in [1.82, 2.24) is 10.4 Å². The average molecular weight is 374 g/mol. The first-order valence-corrected chi connectivity index (χ1v) is 8.93. The Morgan fingerprint density at radius 2 is 1.85 bits per heavy atom. The molecule has 2 aromatic rings. The van der Waals surface area contributed by atoms with Gasteiger partial charge in [0, 0.05) is 28.4 Å². The van der Waals surface area contributed by atoms with E-state index in [0.717, 1.165) is 49.0 Å². The Morgan fingerprint density at radius 3 is 2.46 bits per heavy atom. The van der Waals surface area contributed by atoms with E-state index in [1.807, 2.05) is 18.2 Å². The number of halogens is 1. The van der Waals surface area contributed by atoms with Gasteiger partial charge in [0.1, 0.15) is 6.54 Å². The fourth-order valence-corrected chi connectivity index (χ4v) is 3.26. The summed E-state index contributed by atoms with van der Waals surface area (Å²) in [7, 11) is 0. The molecule has 0 aliphatic carbocycles. The minimum atomic E-state index is -0.402. The van der Waals surface area contributed by atoms with E-state index < -0.39 is 4.92 Å². The van der Waals surface area contributed by atoms with Crippen LogP contribution in [0.5, 0.6) is 0 Å². The van der Waals surface area contributed by atoms with Crippen LogP contribution in [0, 0.1) is 10.1 Å². The SMILES string of the molecule is C=C(NN1CC[NH+](Cc2ccccc2Cl)CC1)c1ccc([N+](=O)[O-])cc1. The van der Waals surface area contributed by atoms with Crippen molar-refractivity contribution in [3.8, 4) is 0 Å². The molecule has 0 bridgehead atoms. The fourth-order valence-electron chi connectivity index (χ4n) is 3.06. The number of hydrazine groups is 1. The summed E-state index contributed by atoms with van der Waals surface area (Å²) in [5, 5.41) is 13.7. The van der Waals surface area contributed by atoms with E-state index in [0.29, 0.717) is 0 Å². The van der Waals surface area contributed by atoms with Crippen molar-refractivity contribution in [2.24, 2.45) is 0 Å². The number of nitro groups is 1. The van der Waals surface area contributed by atoms with Gasteiger partial charge in [0.05, 0.1) is 31.1 Å². The van der Waals surface area contributed by atoms with Crippen molar-refractivity contribution in [3.05, 3.63) is 81.4 Å². The maximum atomic E-state index is 10.7. The lowest BCUT2D eigenvalue weighted by molar-refractivity contribution is -0.918. The Morgan fingerprint density at radius 1 is 1.19 bits per heavy atom. The summed E-state index contributed by atoms with van der Waals surface area (Å²) in [6.07, 6.45) is 0. The van der Waals surface area contributed by atoms with Crippen LogP contribution < -0.4 is 10.3 Å². The monoisotopic (exact) mass is 373 g/mol. The highest BCUT2D eigenvalue weighted by Gasteiger charge is 2.21. The van der Waals surface area contributed by atoms with Crippen LogP contribution in [-0.2, 0) is 6.54 Å². The topological polar surface area (TPSA) is 62.8 Å². The van der Waals surface area contributed by atoms with Gasteiger partial charge in [-0.3, -0.25) is 10.1 Å². The zero-order valence-corrected chi connectivity index (χ0v) is 15.2. The Balaban J connectivity index is 1.50. The molecule has 7 heteroatoms. The van der Waals surface area contributed by atoms with Gasteiger partial charge in [0.2, 0.25) is 0 Å². The minimum Gasteiger partial charge on any atom is -0.329 e. The smallest absolute Gasteiger partial charge is 0.269 e. The van der Waals surface area contributed by atoms with Gasteiger partial charge in [-0.15, -0.1) is 0 Å². The lowest BCUT2D eigenvalue weighted by atomic mass is 10.1. The van der Waals surface area contributed by atoms with Crippen molar-refractivity contribution in [2.45, 2.75) is 6.54 Å². The van der Waals surface area contributed by atoms with Gasteiger partial charge < -0.3 is 10.3 Å². The van der Waals surface area contributed by atoms with Gasteiger partial charge >= 0.3 is 0 Å². The summed E-state index contributed by atoms with van der Waals surface area (Å²) < 4.78 is 0. The van der Waals surface area contributed by atoms with E-state index >= 15 is 0 Å². The number of nitrogens with one attached hydrogen (secondary N) is 2. The molecule has 1 aliphatic rings. The van der Waals surface area contributed by atoms with Crippen LogP contribution in [0.25, 0.3) is 5.70 Å². The highest BCUT2D eigenvalue weighted by Crippen LogP contribution is 2.16. The number of piperazine rings is 1. The molecule has 2 N–H and O–H groups in total. The zero-order chi connectivity index (χ0) is 18.5. The van der Waals surface area contributed by atoms with Crippen LogP contribution in [0.1, 0.15) is 11.1 Å². The number of hydrogen-bond donors (Lipinski definition) is 2. The predicted octanol–water partition coefficient (Wildman–Crippen LogP) is 2.12. The number of hydrogen-bond acceptors (Lipinski definition) is 4. The molecule has 0 radical (unpaired) electrons. The highest BCUT2D eigenvalue weighted by atomic mass is 35.5. The number of nitrogens with zero attached hydrogens (tertiary/aromatic N) is 2. The normalized spacial score (nSPS) is 15.6. The maximum Gasteiger partial charge on any atom is 0.269 e. The van der Waals surface area contributed by atoms with Crippen LogP contribution in [0.2, 0.25) is 5.02 Å². The maximum absolute atomic E-state index is 10.7. The molecule has 1 heterocycles. The number of benzene rings is 2. The number of rotatable bonds is 6. The van der Waals surface area contributed by atoms with E-state index in [1.165, 1.54) is 22.6 Å². The van der Waals surface area contributed by atoms with Gasteiger partial charge in [0.15, 0.2) is 0 Å². The third kappa shape index (κ3) is 4.60. The van der Waals surface area contributed by atoms with Crippen LogP contribution in [0.4, 0.5) is 5.69 Å². The molecule has 136 valence electrons. The first kappa shape index (κ1) is 18.4. The predicted molar refractivity (Wildman–Crippen MR) is 103 cm³/mol. The zero-order valence-electron chi connectivity index (χ0n) is 14.5. The summed E-state index contributed by atoms with van der Waals surface area (Å²) in [6.45, 7) is 8.77. The third-order valence-corrected chi connectivity index (χ3v) is 4.96. The van der Waals surface area contributed by atoms with Gasteiger partial charge in [0.25, 0.3) is 5.69 Å². The van der Waals surface area contributed by atoms with Gasteiger partial charge in [-0.1, -0.05) is 36.4 Å². The molecular weight excluding hydrogens is 352 g/mol. The van der Waals surface area contributed by atoms with E-state index in [2.05, 4.69) is 23.1 Å². The van der Waals surface area contributed by atoms with Crippen LogP contribution >= 0.6 is 11.6 Å². The van der Waals surface area contributed by atoms with Gasteiger partial charge in [-0.2, -0.15) is 0 Å². The summed E-state index contributed by atoms with van der Waals surface area (Å²) in [5.74, 6) is 0. The molecule has 26 heavy (non-hydrogen) atoms. The standard InChI is InChI=1S/C19H21ClN4O2/c1-15(16-6-8-18(9-7-16)24(25)26)21-23-12-10-22(11-13-23)14-17-4-2-3-5-19(17)20/h2-9,21H,1,10-14H2/p+1. The van der Waals surface area contributed by atoms with Crippen LogP contribution in [-0.4, -0.2) is 36.1 Å². The van der Waals surface area contributed by atoms with E-state index in [1.54, 1.807) is 12.1 Å². The van der Waals surface area contributed by atoms with E-state index in [-0.39, 0.29) is 5.69 Å². The Labute approximate surface area is 157 Å². The fraction of sp³-hybridized carbons (Fsp3) is 0.263. The Bertz CT molecular complexity index is 786. The second kappa shape index (κ2) is 8.31. The molecule has 0 spiro atoms. The Kier molecular flexibility index (Phi) is 5.88. The van der Waals surface area contributed by atoms with Crippen molar-refractivity contribution in [2.75, 3.05) is 26.2 Å². The number of quaternary nitrogens is 1. The Hall–Kier alpha value is -2.41. The second-order valence-corrected chi connectivity index (χ2v) is 6.81. The molecule has 0 aromatic heterocycles. The second-order valence-electron chi connectivity index (χ2n) is 6.40. The van der Waals surface area contributed by atoms with Crippen molar-refractivity contribution in [1.29, 1.82) is 0 Å². The summed E-state index contributed by atoms with van der Waals surface area (Å²) in [6, 6.07) is 14.4. The molecule has 6 nitrogen and oxygen atoms in total. The molecule has 1 saturated heterocycles. The first-order chi connectivity index (χ1) is 12.5. The number of nitro benzene ring substituents is 1. The highest BCUT2D eigenvalue weighted by molar-refractivity contribution is 6.31. The lowest BCUT2D eigenvalue weighted by Gasteiger charge is -2.33. The lowest BCUT2D eigenvalue weighted by Crippen LogP contribution is -3.13. The summed E-state index contributed by atoms with van der Waals surface area (Å²) in [5.41, 5.74) is 6.17. The van der Waals surface area contributed by atoms with Crippen LogP contribution in [0.3, 0.4) is 0 Å². The van der Waals surface area contributed by atoms with E-state index in [4.69, 9.17) is 11.6 Å². The number of non-ortho nitro benzene ring substituents is 1. The molecule has 0 atom stereocenters. The van der Waals surface area contributed by atoms with Crippen molar-refractivity contribution >= 4 is 23.0 Å². The van der Waals surface area contributed by atoms with Crippen molar-refractivity contribution in [3.63, 3.8) is 0 Å². The molecule has 1 aliphatic heterocycles. The molecule has 0 unspecified atom stereocenters. The molecule has 3 rings (SSSR count). The van der Waals surface area contributed by atoms with E-state index in [9.17, 15) is 10.1 Å². The van der Waals surface area contributed by atoms with Gasteiger partial charge in [-0.25, -0.2) is 5.01 Å². The molecule has 1 fully saturated rings.